The Bertz CT molecular complexity index is 1080. The summed E-state index contributed by atoms with van der Waals surface area (Å²) in [6.07, 6.45) is 3.68. The number of hydrogen-bond donors (Lipinski definition) is 1. The van der Waals surface area contributed by atoms with Gasteiger partial charge in [-0.3, -0.25) is 4.79 Å². The molecule has 0 bridgehead atoms. The number of nitrogens with one attached hydrogen (secondary N) is 1. The highest BCUT2D eigenvalue weighted by atomic mass is 32.1. The standard InChI is InChI=1S/C20H18N4O2S/c25-20(16-10-21-17-6-2-1-5-15(16)17)24-8-3-4-13(11-24)18-22-23-19(26-18)14-7-9-27-12-14/h1-2,5-7,9-10,12-13,21H,3-4,8,11H2. The summed E-state index contributed by atoms with van der Waals surface area (Å²) in [7, 11) is 0. The smallest absolute Gasteiger partial charge is 0.256 e. The second-order valence-corrected chi connectivity index (χ2v) is 7.58. The van der Waals surface area contributed by atoms with Crippen LogP contribution in [0.1, 0.15) is 35.0 Å². The molecular weight excluding hydrogens is 360 g/mol. The molecule has 1 N–H and O–H groups in total. The lowest BCUT2D eigenvalue weighted by atomic mass is 9.97. The Labute approximate surface area is 159 Å². The van der Waals surface area contributed by atoms with Gasteiger partial charge in [-0.25, -0.2) is 0 Å². The molecule has 4 heterocycles. The summed E-state index contributed by atoms with van der Waals surface area (Å²) in [5, 5.41) is 13.4. The van der Waals surface area contributed by atoms with Gasteiger partial charge in [-0.2, -0.15) is 11.3 Å². The number of aromatic nitrogens is 3. The zero-order valence-electron chi connectivity index (χ0n) is 14.6. The van der Waals surface area contributed by atoms with Crippen LogP contribution in [0, 0.1) is 0 Å². The molecule has 1 unspecified atom stereocenters. The molecule has 1 fully saturated rings. The van der Waals surface area contributed by atoms with Gasteiger partial charge in [0, 0.05) is 41.1 Å². The van der Waals surface area contributed by atoms with Crippen molar-refractivity contribution in [2.75, 3.05) is 13.1 Å². The number of para-hydroxylation sites is 1. The van der Waals surface area contributed by atoms with Gasteiger partial charge >= 0.3 is 0 Å². The predicted molar refractivity (Wildman–Crippen MR) is 104 cm³/mol. The number of nitrogens with zero attached hydrogens (tertiary/aromatic N) is 3. The third kappa shape index (κ3) is 2.94. The molecule has 1 amide bonds. The van der Waals surface area contributed by atoms with E-state index < -0.39 is 0 Å². The van der Waals surface area contributed by atoms with Crippen LogP contribution in [-0.2, 0) is 0 Å². The minimum Gasteiger partial charge on any atom is -0.420 e. The maximum atomic E-state index is 13.1. The largest absolute Gasteiger partial charge is 0.420 e. The number of amides is 1. The van der Waals surface area contributed by atoms with Gasteiger partial charge in [0.1, 0.15) is 0 Å². The average Bonchev–Trinajstić information content (AvgIpc) is 3.47. The normalized spacial score (nSPS) is 17.5. The predicted octanol–water partition coefficient (Wildman–Crippen LogP) is 4.30. The van der Waals surface area contributed by atoms with E-state index in [1.54, 1.807) is 17.5 Å². The van der Waals surface area contributed by atoms with Crippen molar-refractivity contribution < 1.29 is 9.21 Å². The third-order valence-corrected chi connectivity index (χ3v) is 5.77. The van der Waals surface area contributed by atoms with E-state index in [9.17, 15) is 4.79 Å². The summed E-state index contributed by atoms with van der Waals surface area (Å²) >= 11 is 1.60. The minimum atomic E-state index is 0.0507. The van der Waals surface area contributed by atoms with Crippen molar-refractivity contribution in [3.63, 3.8) is 0 Å². The van der Waals surface area contributed by atoms with E-state index in [0.717, 1.165) is 41.4 Å². The van der Waals surface area contributed by atoms with E-state index in [1.807, 2.05) is 46.0 Å². The van der Waals surface area contributed by atoms with Crippen molar-refractivity contribution in [3.05, 3.63) is 58.7 Å². The van der Waals surface area contributed by atoms with E-state index in [2.05, 4.69) is 15.2 Å². The lowest BCUT2D eigenvalue weighted by molar-refractivity contribution is 0.0700. The number of carbonyl (C=O) groups is 1. The van der Waals surface area contributed by atoms with E-state index in [0.29, 0.717) is 18.3 Å². The summed E-state index contributed by atoms with van der Waals surface area (Å²) in [6.45, 7) is 1.35. The van der Waals surface area contributed by atoms with Crippen LogP contribution in [0.15, 0.2) is 51.7 Å². The number of fused-ring (bicyclic) bond motifs is 1. The zero-order valence-corrected chi connectivity index (χ0v) is 15.4. The molecule has 0 aliphatic carbocycles. The van der Waals surface area contributed by atoms with Crippen LogP contribution in [0.2, 0.25) is 0 Å². The molecule has 0 radical (unpaired) electrons. The summed E-state index contributed by atoms with van der Waals surface area (Å²) in [5.74, 6) is 1.29. The highest BCUT2D eigenvalue weighted by Crippen LogP contribution is 2.30. The summed E-state index contributed by atoms with van der Waals surface area (Å²) < 4.78 is 5.90. The lowest BCUT2D eigenvalue weighted by Crippen LogP contribution is -2.39. The van der Waals surface area contributed by atoms with Gasteiger partial charge in [-0.1, -0.05) is 18.2 Å². The minimum absolute atomic E-state index is 0.0507. The number of hydrogen-bond acceptors (Lipinski definition) is 5. The van der Waals surface area contributed by atoms with Gasteiger partial charge in [0.2, 0.25) is 11.8 Å². The van der Waals surface area contributed by atoms with Gasteiger partial charge in [0.15, 0.2) is 0 Å². The first-order chi connectivity index (χ1) is 13.3. The van der Waals surface area contributed by atoms with Crippen molar-refractivity contribution in [3.8, 4) is 11.5 Å². The molecule has 27 heavy (non-hydrogen) atoms. The molecule has 1 atom stereocenters. The number of carbonyl (C=O) groups excluding carboxylic acids is 1. The summed E-state index contributed by atoms with van der Waals surface area (Å²) in [6, 6.07) is 9.85. The molecule has 1 aliphatic heterocycles. The van der Waals surface area contributed by atoms with Crippen molar-refractivity contribution in [2.24, 2.45) is 0 Å². The number of aromatic amines is 1. The van der Waals surface area contributed by atoms with Crippen molar-refractivity contribution in [1.29, 1.82) is 0 Å². The number of thiophene rings is 1. The fraction of sp³-hybridized carbons (Fsp3) is 0.250. The second-order valence-electron chi connectivity index (χ2n) is 6.80. The molecule has 1 aromatic carbocycles. The summed E-state index contributed by atoms with van der Waals surface area (Å²) in [4.78, 5) is 18.2. The van der Waals surface area contributed by atoms with Gasteiger partial charge in [0.05, 0.1) is 11.5 Å². The van der Waals surface area contributed by atoms with Crippen LogP contribution in [-0.4, -0.2) is 39.1 Å². The first-order valence-corrected chi connectivity index (χ1v) is 9.95. The van der Waals surface area contributed by atoms with Gasteiger partial charge in [0.25, 0.3) is 5.91 Å². The molecule has 1 aliphatic rings. The molecule has 3 aromatic heterocycles. The molecule has 5 rings (SSSR count). The molecule has 0 spiro atoms. The quantitative estimate of drug-likeness (QED) is 0.577. The van der Waals surface area contributed by atoms with Crippen LogP contribution in [0.25, 0.3) is 22.4 Å². The fourth-order valence-electron chi connectivity index (χ4n) is 3.68. The molecule has 136 valence electrons. The van der Waals surface area contributed by atoms with Crippen molar-refractivity contribution in [2.45, 2.75) is 18.8 Å². The molecular formula is C20H18N4O2S. The van der Waals surface area contributed by atoms with Crippen LogP contribution >= 0.6 is 11.3 Å². The Morgan fingerprint density at radius 1 is 1.26 bits per heavy atom. The Kier molecular flexibility index (Phi) is 4.01. The number of piperidine rings is 1. The monoisotopic (exact) mass is 378 g/mol. The number of benzene rings is 1. The van der Waals surface area contributed by atoms with Crippen LogP contribution in [0.5, 0.6) is 0 Å². The number of H-pyrrole nitrogens is 1. The van der Waals surface area contributed by atoms with E-state index in [1.165, 1.54) is 0 Å². The van der Waals surface area contributed by atoms with Gasteiger partial charge in [-0.05, 0) is 30.4 Å². The third-order valence-electron chi connectivity index (χ3n) is 5.09. The second kappa shape index (κ2) is 6.66. The Hall–Kier alpha value is -2.93. The van der Waals surface area contributed by atoms with Crippen LogP contribution in [0.4, 0.5) is 0 Å². The average molecular weight is 378 g/mol. The van der Waals surface area contributed by atoms with E-state index in [4.69, 9.17) is 4.42 Å². The number of rotatable bonds is 3. The van der Waals surface area contributed by atoms with Gasteiger partial charge in [-0.15, -0.1) is 10.2 Å². The first kappa shape index (κ1) is 16.3. The van der Waals surface area contributed by atoms with Gasteiger partial charge < -0.3 is 14.3 Å². The Balaban J connectivity index is 1.37. The molecule has 1 saturated heterocycles. The van der Waals surface area contributed by atoms with Crippen molar-refractivity contribution >= 4 is 28.1 Å². The summed E-state index contributed by atoms with van der Waals surface area (Å²) in [5.41, 5.74) is 2.64. The van der Waals surface area contributed by atoms with E-state index >= 15 is 0 Å². The highest BCUT2D eigenvalue weighted by molar-refractivity contribution is 7.08. The molecule has 0 saturated carbocycles. The SMILES string of the molecule is O=C(c1c[nH]c2ccccc12)N1CCCC(c2nnc(-c3ccsc3)o2)C1. The first-order valence-electron chi connectivity index (χ1n) is 9.01. The lowest BCUT2D eigenvalue weighted by Gasteiger charge is -2.31. The van der Waals surface area contributed by atoms with Crippen LogP contribution in [0.3, 0.4) is 0 Å². The topological polar surface area (TPSA) is 75.0 Å². The zero-order chi connectivity index (χ0) is 18.2. The maximum absolute atomic E-state index is 13.1. The molecule has 4 aromatic rings. The van der Waals surface area contributed by atoms with Crippen molar-refractivity contribution in [1.82, 2.24) is 20.1 Å². The number of likely N-dealkylation sites (tertiary alicyclic amines) is 1. The van der Waals surface area contributed by atoms with Crippen LogP contribution < -0.4 is 0 Å². The Morgan fingerprint density at radius 2 is 2.19 bits per heavy atom. The molecule has 7 heteroatoms. The Morgan fingerprint density at radius 3 is 3.07 bits per heavy atom. The molecule has 6 nitrogen and oxygen atoms in total. The maximum Gasteiger partial charge on any atom is 0.256 e. The fourth-order valence-corrected chi connectivity index (χ4v) is 4.31. The van der Waals surface area contributed by atoms with E-state index in [-0.39, 0.29) is 11.8 Å². The highest BCUT2D eigenvalue weighted by Gasteiger charge is 2.30.